The summed E-state index contributed by atoms with van der Waals surface area (Å²) in [6.45, 7) is 0. The minimum atomic E-state index is -3.88. The second-order valence-corrected chi connectivity index (χ2v) is 8.55. The van der Waals surface area contributed by atoms with Gasteiger partial charge in [-0.25, -0.2) is 8.42 Å². The van der Waals surface area contributed by atoms with Crippen molar-refractivity contribution in [1.82, 2.24) is 0 Å². The maximum absolute atomic E-state index is 12.7. The number of nitro benzene ring substituents is 1. The molecule has 0 aliphatic rings. The third-order valence-electron chi connectivity index (χ3n) is 3.24. The van der Waals surface area contributed by atoms with Gasteiger partial charge in [0.1, 0.15) is 4.90 Å². The number of rotatable bonds is 6. The highest BCUT2D eigenvalue weighted by Gasteiger charge is 2.24. The van der Waals surface area contributed by atoms with Crippen molar-refractivity contribution >= 4 is 50.5 Å². The van der Waals surface area contributed by atoms with Crippen molar-refractivity contribution in [3.05, 3.63) is 57.1 Å². The standard InChI is InChI=1S/C15H11ClF2N2O5S2/c1-27(24,25)12-6-5-8(7-11(12)20(22)23)14(21)19-10-4-2-3-9(16)13(10)26-15(17)18/h2-7,15H,1H3,(H,19,21). The van der Waals surface area contributed by atoms with Crippen molar-refractivity contribution < 1.29 is 26.9 Å². The molecule has 0 saturated heterocycles. The van der Waals surface area contributed by atoms with Gasteiger partial charge >= 0.3 is 0 Å². The van der Waals surface area contributed by atoms with Gasteiger partial charge in [-0.1, -0.05) is 29.4 Å². The van der Waals surface area contributed by atoms with Crippen LogP contribution in [0.5, 0.6) is 0 Å². The lowest BCUT2D eigenvalue weighted by atomic mass is 10.2. The van der Waals surface area contributed by atoms with Crippen molar-refractivity contribution in [3.63, 3.8) is 0 Å². The molecule has 0 heterocycles. The maximum Gasteiger partial charge on any atom is 0.289 e. The quantitative estimate of drug-likeness (QED) is 0.413. The first-order chi connectivity index (χ1) is 12.5. The van der Waals surface area contributed by atoms with E-state index in [-0.39, 0.29) is 32.9 Å². The van der Waals surface area contributed by atoms with Crippen LogP contribution < -0.4 is 5.32 Å². The Kier molecular flexibility index (Phi) is 6.39. The Labute approximate surface area is 161 Å². The SMILES string of the molecule is CS(=O)(=O)c1ccc(C(=O)Nc2cccc(Cl)c2SC(F)F)cc1[N+](=O)[O-]. The molecule has 144 valence electrons. The summed E-state index contributed by atoms with van der Waals surface area (Å²) in [6, 6.07) is 6.97. The molecule has 0 aliphatic heterocycles. The number of carbonyl (C=O) groups excluding carboxylic acids is 1. The van der Waals surface area contributed by atoms with Gasteiger partial charge < -0.3 is 5.32 Å². The largest absolute Gasteiger partial charge is 0.321 e. The molecule has 2 rings (SSSR count). The fourth-order valence-electron chi connectivity index (χ4n) is 2.13. The van der Waals surface area contributed by atoms with Crippen LogP contribution in [0, 0.1) is 10.1 Å². The van der Waals surface area contributed by atoms with Crippen LogP contribution in [0.2, 0.25) is 5.02 Å². The van der Waals surface area contributed by atoms with E-state index >= 15 is 0 Å². The molecule has 27 heavy (non-hydrogen) atoms. The van der Waals surface area contributed by atoms with E-state index in [0.29, 0.717) is 0 Å². The Morgan fingerprint density at radius 1 is 1.30 bits per heavy atom. The van der Waals surface area contributed by atoms with E-state index < -0.39 is 37.0 Å². The number of nitrogens with zero attached hydrogens (tertiary/aromatic N) is 1. The number of thioether (sulfide) groups is 1. The number of carbonyl (C=O) groups is 1. The fraction of sp³-hybridized carbons (Fsp3) is 0.133. The normalized spacial score (nSPS) is 11.4. The second-order valence-electron chi connectivity index (χ2n) is 5.16. The lowest BCUT2D eigenvalue weighted by Gasteiger charge is -2.12. The third-order valence-corrected chi connectivity index (χ3v) is 5.66. The molecule has 0 unspecified atom stereocenters. The number of benzene rings is 2. The molecule has 1 amide bonds. The smallest absolute Gasteiger partial charge is 0.289 e. The number of halogens is 3. The summed E-state index contributed by atoms with van der Waals surface area (Å²) in [5, 5.41) is 13.5. The van der Waals surface area contributed by atoms with Gasteiger partial charge in [0.25, 0.3) is 17.4 Å². The number of amides is 1. The van der Waals surface area contributed by atoms with E-state index in [1.807, 2.05) is 0 Å². The predicted octanol–water partition coefficient (Wildman–Crippen LogP) is 4.22. The van der Waals surface area contributed by atoms with Crippen molar-refractivity contribution in [2.24, 2.45) is 0 Å². The first-order valence-corrected chi connectivity index (χ1v) is 10.2. The van der Waals surface area contributed by atoms with E-state index in [0.717, 1.165) is 24.5 Å². The first kappa shape index (κ1) is 21.1. The van der Waals surface area contributed by atoms with Gasteiger partial charge in [-0.15, -0.1) is 0 Å². The molecule has 12 heteroatoms. The fourth-order valence-corrected chi connectivity index (χ4v) is 3.87. The second kappa shape index (κ2) is 8.19. The Hall–Kier alpha value is -2.24. The molecule has 0 aromatic heterocycles. The lowest BCUT2D eigenvalue weighted by Crippen LogP contribution is -2.14. The van der Waals surface area contributed by atoms with Crippen molar-refractivity contribution in [1.29, 1.82) is 0 Å². The predicted molar refractivity (Wildman–Crippen MR) is 97.5 cm³/mol. The summed E-state index contributed by atoms with van der Waals surface area (Å²) in [4.78, 5) is 22.0. The average molecular weight is 437 g/mol. The number of sulfone groups is 1. The highest BCUT2D eigenvalue weighted by atomic mass is 35.5. The molecule has 0 atom stereocenters. The lowest BCUT2D eigenvalue weighted by molar-refractivity contribution is -0.387. The van der Waals surface area contributed by atoms with Gasteiger partial charge in [-0.05, 0) is 24.3 Å². The van der Waals surface area contributed by atoms with Crippen LogP contribution in [0.15, 0.2) is 46.2 Å². The van der Waals surface area contributed by atoms with Gasteiger partial charge in [0.05, 0.1) is 20.5 Å². The molecule has 2 aromatic carbocycles. The van der Waals surface area contributed by atoms with E-state index in [4.69, 9.17) is 11.6 Å². The minimum absolute atomic E-state index is 0.00324. The van der Waals surface area contributed by atoms with Gasteiger partial charge in [-0.3, -0.25) is 14.9 Å². The van der Waals surface area contributed by atoms with Crippen LogP contribution in [-0.4, -0.2) is 31.3 Å². The number of alkyl halides is 2. The Morgan fingerprint density at radius 2 is 1.96 bits per heavy atom. The molecular formula is C15H11ClF2N2O5S2. The molecule has 0 spiro atoms. The topological polar surface area (TPSA) is 106 Å². The Morgan fingerprint density at radius 3 is 2.52 bits per heavy atom. The molecule has 1 N–H and O–H groups in total. The van der Waals surface area contributed by atoms with Crippen LogP contribution in [0.3, 0.4) is 0 Å². The van der Waals surface area contributed by atoms with E-state index in [2.05, 4.69) is 5.32 Å². The Bertz CT molecular complexity index is 1020. The number of nitrogens with one attached hydrogen (secondary N) is 1. The van der Waals surface area contributed by atoms with Crippen molar-refractivity contribution in [2.45, 2.75) is 15.5 Å². The number of nitro groups is 1. The molecular weight excluding hydrogens is 426 g/mol. The monoisotopic (exact) mass is 436 g/mol. The summed E-state index contributed by atoms with van der Waals surface area (Å²) in [6.07, 6.45) is 0.800. The number of anilines is 1. The zero-order valence-corrected chi connectivity index (χ0v) is 15.9. The zero-order valence-electron chi connectivity index (χ0n) is 13.5. The molecule has 2 aromatic rings. The molecule has 7 nitrogen and oxygen atoms in total. The van der Waals surface area contributed by atoms with Crippen LogP contribution in [0.1, 0.15) is 10.4 Å². The Balaban J connectivity index is 2.42. The van der Waals surface area contributed by atoms with E-state index in [1.165, 1.54) is 18.2 Å². The third kappa shape index (κ3) is 5.15. The number of hydrogen-bond acceptors (Lipinski definition) is 6. The first-order valence-electron chi connectivity index (χ1n) is 7.04. The van der Waals surface area contributed by atoms with Crippen LogP contribution in [0.25, 0.3) is 0 Å². The highest BCUT2D eigenvalue weighted by molar-refractivity contribution is 7.99. The van der Waals surface area contributed by atoms with E-state index in [9.17, 15) is 32.1 Å². The summed E-state index contributed by atoms with van der Waals surface area (Å²) in [5.41, 5.74) is -0.992. The minimum Gasteiger partial charge on any atom is -0.321 e. The van der Waals surface area contributed by atoms with Crippen LogP contribution in [-0.2, 0) is 9.84 Å². The average Bonchev–Trinajstić information content (AvgIpc) is 2.56. The maximum atomic E-state index is 12.7. The van der Waals surface area contributed by atoms with Gasteiger partial charge in [-0.2, -0.15) is 8.78 Å². The number of hydrogen-bond donors (Lipinski definition) is 1. The molecule has 0 bridgehead atoms. The van der Waals surface area contributed by atoms with Crippen LogP contribution in [0.4, 0.5) is 20.2 Å². The summed E-state index contributed by atoms with van der Waals surface area (Å²) < 4.78 is 48.6. The summed E-state index contributed by atoms with van der Waals surface area (Å²) >= 11 is 6.01. The van der Waals surface area contributed by atoms with Crippen molar-refractivity contribution in [2.75, 3.05) is 11.6 Å². The highest BCUT2D eigenvalue weighted by Crippen LogP contribution is 2.38. The molecule has 0 radical (unpaired) electrons. The van der Waals surface area contributed by atoms with Gasteiger partial charge in [0, 0.05) is 17.9 Å². The molecule has 0 saturated carbocycles. The summed E-state index contributed by atoms with van der Waals surface area (Å²) in [7, 11) is -3.88. The van der Waals surface area contributed by atoms with Gasteiger partial charge in [0.15, 0.2) is 9.84 Å². The van der Waals surface area contributed by atoms with Crippen molar-refractivity contribution in [3.8, 4) is 0 Å². The summed E-state index contributed by atoms with van der Waals surface area (Å²) in [5.74, 6) is -3.63. The van der Waals surface area contributed by atoms with E-state index in [1.54, 1.807) is 0 Å². The van der Waals surface area contributed by atoms with Crippen LogP contribution >= 0.6 is 23.4 Å². The molecule has 0 fully saturated rings. The molecule has 0 aliphatic carbocycles. The zero-order chi connectivity index (χ0) is 20.4. The van der Waals surface area contributed by atoms with Gasteiger partial charge in [0.2, 0.25) is 0 Å².